The molecule has 0 bridgehead atoms. The van der Waals surface area contributed by atoms with Gasteiger partial charge in [-0.25, -0.2) is 4.79 Å². The first kappa shape index (κ1) is 21.0. The minimum Gasteiger partial charge on any atom is -0.493 e. The van der Waals surface area contributed by atoms with Gasteiger partial charge in [-0.05, 0) is 48.7 Å². The zero-order valence-corrected chi connectivity index (χ0v) is 18.6. The van der Waals surface area contributed by atoms with Crippen LogP contribution in [0.4, 0.5) is 0 Å². The van der Waals surface area contributed by atoms with E-state index in [1.807, 2.05) is 43.3 Å². The van der Waals surface area contributed by atoms with Gasteiger partial charge in [-0.15, -0.1) is 0 Å². The third-order valence-corrected chi connectivity index (χ3v) is 6.03. The van der Waals surface area contributed by atoms with Crippen LogP contribution >= 0.6 is 0 Å². The lowest BCUT2D eigenvalue weighted by Crippen LogP contribution is -2.24. The molecule has 0 radical (unpaired) electrons. The predicted octanol–water partition coefficient (Wildman–Crippen LogP) is 4.50. The number of benzene rings is 2. The minimum atomic E-state index is -1.85. The van der Waals surface area contributed by atoms with Crippen LogP contribution in [0.3, 0.4) is 0 Å². The maximum atomic E-state index is 13.0. The Morgan fingerprint density at radius 3 is 2.55 bits per heavy atom. The van der Waals surface area contributed by atoms with Crippen LogP contribution in [0.25, 0.3) is 11.0 Å². The van der Waals surface area contributed by atoms with Crippen LogP contribution in [-0.2, 0) is 4.46 Å². The number of aromatic nitrogens is 2. The zero-order chi connectivity index (χ0) is 21.1. The molecule has 29 heavy (non-hydrogen) atoms. The highest BCUT2D eigenvalue weighted by Crippen LogP contribution is 2.34. The largest absolute Gasteiger partial charge is 0.493 e. The van der Waals surface area contributed by atoms with E-state index < -0.39 is 8.68 Å². The Morgan fingerprint density at radius 1 is 1.17 bits per heavy atom. The molecule has 1 atom stereocenters. The molecule has 0 spiro atoms. The van der Waals surface area contributed by atoms with Gasteiger partial charge in [-0.2, -0.15) is 0 Å². The van der Waals surface area contributed by atoms with Crippen LogP contribution < -0.4 is 15.2 Å². The Labute approximate surface area is 172 Å². The molecule has 0 aliphatic rings. The molecule has 3 rings (SSSR count). The normalized spacial score (nSPS) is 12.3. The van der Waals surface area contributed by atoms with Crippen LogP contribution in [0, 0.1) is 0 Å². The van der Waals surface area contributed by atoms with Crippen LogP contribution in [0.2, 0.25) is 12.6 Å². The maximum Gasteiger partial charge on any atom is 0.327 e. The average Bonchev–Trinajstić information content (AvgIpc) is 3.01. The summed E-state index contributed by atoms with van der Waals surface area (Å²) in [4.78, 5) is 16.0. The molecule has 7 heteroatoms. The molecule has 0 unspecified atom stereocenters. The summed E-state index contributed by atoms with van der Waals surface area (Å²) in [5, 5.41) is 0. The number of nitrogens with one attached hydrogen (secondary N) is 1. The van der Waals surface area contributed by atoms with Crippen LogP contribution in [0.1, 0.15) is 43.9 Å². The molecular formula is C22H28N2O4Si. The van der Waals surface area contributed by atoms with Crippen LogP contribution in [0.15, 0.2) is 41.2 Å². The fourth-order valence-corrected chi connectivity index (χ4v) is 4.72. The summed E-state index contributed by atoms with van der Waals surface area (Å²) in [5.41, 5.74) is 3.42. The number of methoxy groups -OCH3 is 1. The molecule has 2 aromatic carbocycles. The topological polar surface area (TPSA) is 73.3 Å². The molecule has 3 aromatic rings. The average molecular weight is 413 g/mol. The third kappa shape index (κ3) is 4.19. The number of hydrogen-bond donors (Lipinski definition) is 1. The Balaban J connectivity index is 2.22. The first-order chi connectivity index (χ1) is 13.9. The molecule has 1 heterocycles. The Hall–Kier alpha value is -2.67. The molecule has 154 valence electrons. The molecule has 0 fully saturated rings. The van der Waals surface area contributed by atoms with Gasteiger partial charge in [-0.3, -0.25) is 4.57 Å². The van der Waals surface area contributed by atoms with E-state index in [1.165, 1.54) is 0 Å². The van der Waals surface area contributed by atoms with Gasteiger partial charge in [0.1, 0.15) is 0 Å². The summed E-state index contributed by atoms with van der Waals surface area (Å²) < 4.78 is 25.1. The van der Waals surface area contributed by atoms with Crippen molar-refractivity contribution in [3.05, 3.63) is 58.0 Å². The van der Waals surface area contributed by atoms with E-state index in [4.69, 9.17) is 9.47 Å². The summed E-state index contributed by atoms with van der Waals surface area (Å²) in [7, 11) is -0.257. The van der Waals surface area contributed by atoms with Gasteiger partial charge in [0.15, 0.2) is 11.5 Å². The van der Waals surface area contributed by atoms with E-state index in [9.17, 15) is 9.26 Å². The number of fused-ring (bicyclic) bond motifs is 1. The molecule has 6 nitrogen and oxygen atoms in total. The Morgan fingerprint density at radius 2 is 1.93 bits per heavy atom. The smallest absolute Gasteiger partial charge is 0.327 e. The molecule has 0 saturated carbocycles. The quantitative estimate of drug-likeness (QED) is 0.553. The highest BCUT2D eigenvalue weighted by Gasteiger charge is 2.24. The van der Waals surface area contributed by atoms with Crippen molar-refractivity contribution >= 4 is 19.7 Å². The van der Waals surface area contributed by atoms with Gasteiger partial charge in [0.05, 0.1) is 30.8 Å². The van der Waals surface area contributed by atoms with E-state index in [2.05, 4.69) is 18.8 Å². The number of ether oxygens (including phenoxy) is 2. The van der Waals surface area contributed by atoms with Crippen molar-refractivity contribution in [3.63, 3.8) is 0 Å². The van der Waals surface area contributed by atoms with Crippen LogP contribution in [-0.4, -0.2) is 32.0 Å². The summed E-state index contributed by atoms with van der Waals surface area (Å²) in [6.07, 6.45) is 0. The minimum absolute atomic E-state index is 0.199. The van der Waals surface area contributed by atoms with E-state index in [0.29, 0.717) is 24.2 Å². The van der Waals surface area contributed by atoms with Crippen molar-refractivity contribution in [1.82, 2.24) is 9.55 Å². The molecular weight excluding hydrogens is 384 g/mol. The fraction of sp³-hybridized carbons (Fsp3) is 0.409. The summed E-state index contributed by atoms with van der Waals surface area (Å²) in [6.45, 7) is 8.34. The van der Waals surface area contributed by atoms with Crippen molar-refractivity contribution in [1.29, 1.82) is 0 Å². The molecule has 0 saturated heterocycles. The highest BCUT2D eigenvalue weighted by molar-refractivity contribution is 6.41. The summed E-state index contributed by atoms with van der Waals surface area (Å²) in [6, 6.07) is 11.6. The number of hydrogen-bond acceptors (Lipinski definition) is 4. The van der Waals surface area contributed by atoms with Gasteiger partial charge >= 0.3 is 5.69 Å². The molecule has 1 aromatic heterocycles. The predicted molar refractivity (Wildman–Crippen MR) is 116 cm³/mol. The van der Waals surface area contributed by atoms with Crippen LogP contribution in [0.5, 0.6) is 11.5 Å². The van der Waals surface area contributed by atoms with Gasteiger partial charge in [0.25, 0.3) is 8.68 Å². The summed E-state index contributed by atoms with van der Waals surface area (Å²) >= 11 is 0. The molecule has 1 N–H and O–H groups in total. The van der Waals surface area contributed by atoms with E-state index in [1.54, 1.807) is 18.2 Å². The van der Waals surface area contributed by atoms with Crippen molar-refractivity contribution in [2.75, 3.05) is 13.7 Å². The standard InChI is InChI=1S/C22H28N2O4Si/c1-6-28-20-12-15(10-11-19(20)27-4)18(13-29(5)26)24-17-9-7-8-16(14(2)3)21(17)23-22(24)25/h7-12,14,18H,6,13H2,1-5H3,(H,23,25)/t18-/m0/s1. The van der Waals surface area contributed by atoms with Crippen molar-refractivity contribution < 1.29 is 13.9 Å². The second-order valence-corrected chi connectivity index (χ2v) is 9.27. The number of rotatable bonds is 8. The van der Waals surface area contributed by atoms with Gasteiger partial charge < -0.3 is 18.9 Å². The number of H-pyrrole nitrogens is 1. The number of aromatic amines is 1. The second-order valence-electron chi connectivity index (χ2n) is 7.46. The second kappa shape index (κ2) is 8.78. The molecule has 0 aliphatic heterocycles. The SMILES string of the molecule is CCOc1cc([C@H](C[Si](C)=O)n2c(=O)[nH]c3c(C(C)C)cccc32)ccc1OC. The highest BCUT2D eigenvalue weighted by atomic mass is 28.3. The first-order valence-electron chi connectivity index (χ1n) is 9.90. The number of imidazole rings is 1. The number of para-hydroxylation sites is 1. The first-order valence-corrected chi connectivity index (χ1v) is 12.0. The maximum absolute atomic E-state index is 13.0. The van der Waals surface area contributed by atoms with Crippen molar-refractivity contribution in [2.45, 2.75) is 45.3 Å². The number of nitrogens with zero attached hydrogens (tertiary/aromatic N) is 1. The lowest BCUT2D eigenvalue weighted by molar-refractivity contribution is 0.310. The van der Waals surface area contributed by atoms with E-state index >= 15 is 0 Å². The van der Waals surface area contributed by atoms with Gasteiger partial charge in [0.2, 0.25) is 0 Å². The monoisotopic (exact) mass is 412 g/mol. The van der Waals surface area contributed by atoms with Crippen molar-refractivity contribution in [2.24, 2.45) is 0 Å². The lowest BCUT2D eigenvalue weighted by atomic mass is 10.0. The van der Waals surface area contributed by atoms with Gasteiger partial charge in [0, 0.05) is 6.04 Å². The van der Waals surface area contributed by atoms with Crippen molar-refractivity contribution in [3.8, 4) is 11.5 Å². The fourth-order valence-electron chi connectivity index (χ4n) is 3.76. The van der Waals surface area contributed by atoms with Gasteiger partial charge in [-0.1, -0.05) is 32.0 Å². The lowest BCUT2D eigenvalue weighted by Gasteiger charge is -2.20. The third-order valence-electron chi connectivity index (χ3n) is 5.07. The molecule has 0 aliphatic carbocycles. The van der Waals surface area contributed by atoms with E-state index in [0.717, 1.165) is 22.2 Å². The Kier molecular flexibility index (Phi) is 6.37. The van der Waals surface area contributed by atoms with E-state index in [-0.39, 0.29) is 17.6 Å². The molecule has 0 amide bonds. The zero-order valence-electron chi connectivity index (χ0n) is 17.6. The summed E-state index contributed by atoms with van der Waals surface area (Å²) in [5.74, 6) is 1.52. The Bertz CT molecular complexity index is 1080.